The highest BCUT2D eigenvalue weighted by Gasteiger charge is 2.16. The molecule has 3 rings (SSSR count). The van der Waals surface area contributed by atoms with E-state index in [0.29, 0.717) is 21.4 Å². The van der Waals surface area contributed by atoms with E-state index in [1.807, 2.05) is 24.3 Å². The highest BCUT2D eigenvalue weighted by atomic mass is 32.1. The Labute approximate surface area is 149 Å². The van der Waals surface area contributed by atoms with E-state index in [9.17, 15) is 9.18 Å². The molecule has 0 amide bonds. The zero-order valence-corrected chi connectivity index (χ0v) is 14.4. The molecule has 0 radical (unpaired) electrons. The van der Waals surface area contributed by atoms with Crippen molar-refractivity contribution in [2.75, 3.05) is 5.32 Å². The van der Waals surface area contributed by atoms with Crippen molar-refractivity contribution in [1.82, 2.24) is 4.98 Å². The summed E-state index contributed by atoms with van der Waals surface area (Å²) >= 11 is 1.29. The van der Waals surface area contributed by atoms with Crippen molar-refractivity contribution in [1.29, 1.82) is 0 Å². The van der Waals surface area contributed by atoms with Gasteiger partial charge in [-0.15, -0.1) is 11.3 Å². The number of nitrogens with one attached hydrogen (secondary N) is 1. The number of rotatable bonds is 6. The van der Waals surface area contributed by atoms with Crippen molar-refractivity contribution in [3.8, 4) is 11.3 Å². The third kappa shape index (κ3) is 4.22. The van der Waals surface area contributed by atoms with E-state index < -0.39 is 5.97 Å². The number of carboxylic acid groups (broad SMARTS) is 1. The molecule has 0 saturated heterocycles. The van der Waals surface area contributed by atoms with Crippen LogP contribution in [0.15, 0.2) is 48.5 Å². The van der Waals surface area contributed by atoms with E-state index in [0.717, 1.165) is 12.0 Å². The number of aliphatic carboxylic acids is 1. The Hall–Kier alpha value is -2.73. The molecule has 0 aliphatic heterocycles. The molecule has 0 aliphatic carbocycles. The molecule has 4 nitrogen and oxygen atoms in total. The summed E-state index contributed by atoms with van der Waals surface area (Å²) in [5.74, 6) is -1.21. The third-order valence-electron chi connectivity index (χ3n) is 3.74. The number of aromatic nitrogens is 1. The molecule has 0 spiro atoms. The number of hydrogen-bond donors (Lipinski definition) is 2. The van der Waals surface area contributed by atoms with Crippen LogP contribution in [-0.4, -0.2) is 16.1 Å². The van der Waals surface area contributed by atoms with Gasteiger partial charge in [-0.25, -0.2) is 9.37 Å². The summed E-state index contributed by atoms with van der Waals surface area (Å²) in [6.07, 6.45) is 0.852. The second-order valence-corrected chi connectivity index (χ2v) is 6.63. The zero-order valence-electron chi connectivity index (χ0n) is 13.6. The molecule has 0 fully saturated rings. The molecule has 25 heavy (non-hydrogen) atoms. The number of carboxylic acids is 1. The van der Waals surface area contributed by atoms with Gasteiger partial charge >= 0.3 is 5.97 Å². The minimum absolute atomic E-state index is 0.0897. The van der Waals surface area contributed by atoms with Crippen molar-refractivity contribution in [3.05, 3.63) is 64.8 Å². The zero-order chi connectivity index (χ0) is 17.8. The summed E-state index contributed by atoms with van der Waals surface area (Å²) < 4.78 is 13.0. The Morgan fingerprint density at radius 3 is 2.44 bits per heavy atom. The van der Waals surface area contributed by atoms with E-state index in [4.69, 9.17) is 5.11 Å². The van der Waals surface area contributed by atoms with Crippen LogP contribution in [0.3, 0.4) is 0 Å². The van der Waals surface area contributed by atoms with Gasteiger partial charge in [-0.05, 0) is 36.2 Å². The highest BCUT2D eigenvalue weighted by Crippen LogP contribution is 2.33. The van der Waals surface area contributed by atoms with Gasteiger partial charge in [-0.2, -0.15) is 0 Å². The molecule has 2 N–H and O–H groups in total. The van der Waals surface area contributed by atoms with E-state index >= 15 is 0 Å². The maximum absolute atomic E-state index is 13.0. The molecule has 3 aromatic rings. The second-order valence-electron chi connectivity index (χ2n) is 5.54. The summed E-state index contributed by atoms with van der Waals surface area (Å²) in [4.78, 5) is 16.4. The number of thiazole rings is 1. The van der Waals surface area contributed by atoms with Crippen LogP contribution in [0.1, 0.15) is 17.4 Å². The van der Waals surface area contributed by atoms with Gasteiger partial charge in [-0.3, -0.25) is 4.79 Å². The molecular weight excluding hydrogens is 339 g/mol. The SMILES string of the molecule is CCc1ccc(-c2nc(Nc3ccc(F)cc3)sc2CC(=O)O)cc1. The largest absolute Gasteiger partial charge is 0.481 e. The maximum atomic E-state index is 13.0. The number of aryl methyl sites for hydroxylation is 1. The lowest BCUT2D eigenvalue weighted by atomic mass is 10.1. The van der Waals surface area contributed by atoms with Gasteiger partial charge in [0, 0.05) is 16.1 Å². The Balaban J connectivity index is 1.93. The number of nitrogens with zero attached hydrogens (tertiary/aromatic N) is 1. The van der Waals surface area contributed by atoms with E-state index in [1.165, 1.54) is 29.0 Å². The quantitative estimate of drug-likeness (QED) is 0.661. The molecule has 6 heteroatoms. The number of benzene rings is 2. The molecule has 0 unspecified atom stereocenters. The summed E-state index contributed by atoms with van der Waals surface area (Å²) in [7, 11) is 0. The lowest BCUT2D eigenvalue weighted by Crippen LogP contribution is -1.99. The highest BCUT2D eigenvalue weighted by molar-refractivity contribution is 7.16. The fourth-order valence-corrected chi connectivity index (χ4v) is 3.44. The number of halogens is 1. The molecule has 2 aromatic carbocycles. The summed E-state index contributed by atoms with van der Waals surface area (Å²) in [6, 6.07) is 13.9. The molecular formula is C19H17FN2O2S. The van der Waals surface area contributed by atoms with Crippen LogP contribution in [0.5, 0.6) is 0 Å². The van der Waals surface area contributed by atoms with Gasteiger partial charge in [0.05, 0.1) is 12.1 Å². The molecule has 0 saturated carbocycles. The van der Waals surface area contributed by atoms with Gasteiger partial charge in [0.25, 0.3) is 0 Å². The van der Waals surface area contributed by atoms with Gasteiger partial charge in [0.15, 0.2) is 5.13 Å². The van der Waals surface area contributed by atoms with Crippen LogP contribution in [0, 0.1) is 5.82 Å². The minimum Gasteiger partial charge on any atom is -0.481 e. The molecule has 0 aliphatic rings. The number of carbonyl (C=O) groups is 1. The number of hydrogen-bond acceptors (Lipinski definition) is 4. The van der Waals surface area contributed by atoms with Crippen LogP contribution in [0.25, 0.3) is 11.3 Å². The van der Waals surface area contributed by atoms with Gasteiger partial charge in [0.2, 0.25) is 0 Å². The normalized spacial score (nSPS) is 10.6. The molecule has 0 atom stereocenters. The smallest absolute Gasteiger partial charge is 0.308 e. The lowest BCUT2D eigenvalue weighted by Gasteiger charge is -2.02. The summed E-state index contributed by atoms with van der Waals surface area (Å²) in [5, 5.41) is 12.9. The lowest BCUT2D eigenvalue weighted by molar-refractivity contribution is -0.136. The average molecular weight is 356 g/mol. The van der Waals surface area contributed by atoms with Crippen molar-refractivity contribution in [2.24, 2.45) is 0 Å². The van der Waals surface area contributed by atoms with E-state index in [-0.39, 0.29) is 12.2 Å². The minimum atomic E-state index is -0.900. The van der Waals surface area contributed by atoms with E-state index in [1.54, 1.807) is 12.1 Å². The van der Waals surface area contributed by atoms with E-state index in [2.05, 4.69) is 17.2 Å². The first-order valence-corrected chi connectivity index (χ1v) is 8.70. The van der Waals surface area contributed by atoms with Gasteiger partial charge in [0.1, 0.15) is 5.82 Å². The maximum Gasteiger partial charge on any atom is 0.308 e. The third-order valence-corrected chi connectivity index (χ3v) is 4.71. The Kier molecular flexibility index (Phi) is 5.09. The topological polar surface area (TPSA) is 62.2 Å². The van der Waals surface area contributed by atoms with Crippen LogP contribution < -0.4 is 5.32 Å². The van der Waals surface area contributed by atoms with Crippen molar-refractivity contribution in [2.45, 2.75) is 19.8 Å². The standard InChI is InChI=1S/C19H17FN2O2S/c1-2-12-3-5-13(6-4-12)18-16(11-17(23)24)25-19(22-18)21-15-9-7-14(20)8-10-15/h3-10H,2,11H2,1H3,(H,21,22)(H,23,24). The molecule has 1 heterocycles. The van der Waals surface area contributed by atoms with Gasteiger partial charge < -0.3 is 10.4 Å². The predicted molar refractivity (Wildman–Crippen MR) is 98.0 cm³/mol. The Bertz CT molecular complexity index is 873. The molecule has 1 aromatic heterocycles. The van der Waals surface area contributed by atoms with Crippen LogP contribution in [0.2, 0.25) is 0 Å². The van der Waals surface area contributed by atoms with Gasteiger partial charge in [-0.1, -0.05) is 31.2 Å². The molecule has 0 bridgehead atoms. The van der Waals surface area contributed by atoms with Crippen LogP contribution in [-0.2, 0) is 17.6 Å². The fourth-order valence-electron chi connectivity index (χ4n) is 2.44. The van der Waals surface area contributed by atoms with Crippen molar-refractivity contribution in [3.63, 3.8) is 0 Å². The first-order valence-electron chi connectivity index (χ1n) is 7.88. The predicted octanol–water partition coefficient (Wildman–Crippen LogP) is 4.88. The van der Waals surface area contributed by atoms with Crippen molar-refractivity contribution >= 4 is 28.1 Å². The summed E-state index contributed by atoms with van der Waals surface area (Å²) in [5.41, 5.74) is 3.46. The first-order chi connectivity index (χ1) is 12.0. The Morgan fingerprint density at radius 2 is 1.84 bits per heavy atom. The monoisotopic (exact) mass is 356 g/mol. The average Bonchev–Trinajstić information content (AvgIpc) is 2.98. The van der Waals surface area contributed by atoms with Crippen LogP contribution >= 0.6 is 11.3 Å². The number of anilines is 2. The molecule has 128 valence electrons. The fraction of sp³-hybridized carbons (Fsp3) is 0.158. The van der Waals surface area contributed by atoms with Crippen molar-refractivity contribution < 1.29 is 14.3 Å². The second kappa shape index (κ2) is 7.44. The first kappa shape index (κ1) is 17.1. The Morgan fingerprint density at radius 1 is 1.16 bits per heavy atom. The van der Waals surface area contributed by atoms with Crippen LogP contribution in [0.4, 0.5) is 15.2 Å². The summed E-state index contributed by atoms with van der Waals surface area (Å²) in [6.45, 7) is 2.08.